The molecular formula is C19H17F2NO4. The Balaban J connectivity index is 1.92. The average molecular weight is 361 g/mol. The van der Waals surface area contributed by atoms with E-state index in [4.69, 9.17) is 4.74 Å². The van der Waals surface area contributed by atoms with Gasteiger partial charge in [-0.15, -0.1) is 0 Å². The number of methoxy groups -OCH3 is 1. The highest BCUT2D eigenvalue weighted by atomic mass is 19.1. The highest BCUT2D eigenvalue weighted by Crippen LogP contribution is 2.35. The lowest BCUT2D eigenvalue weighted by Crippen LogP contribution is -2.30. The third kappa shape index (κ3) is 3.37. The summed E-state index contributed by atoms with van der Waals surface area (Å²) in [7, 11) is 1.36. The van der Waals surface area contributed by atoms with Crippen LogP contribution in [0.2, 0.25) is 0 Å². The van der Waals surface area contributed by atoms with Gasteiger partial charge in [0.1, 0.15) is 17.4 Å². The predicted molar refractivity (Wildman–Crippen MR) is 89.1 cm³/mol. The summed E-state index contributed by atoms with van der Waals surface area (Å²) in [5, 5.41) is 9.51. The van der Waals surface area contributed by atoms with Crippen molar-refractivity contribution in [3.05, 3.63) is 65.2 Å². The maximum absolute atomic E-state index is 13.6. The average Bonchev–Trinajstić information content (AvgIpc) is 3.07. The molecule has 0 radical (unpaired) electrons. The number of ether oxygens (including phenoxy) is 1. The number of amides is 1. The standard InChI is InChI=1S/C19H17F2NO4/c1-26-17-6-5-13(21)8-14(17)18(23)22-9-15(16(10-22)19(24)25)11-3-2-4-12(20)7-11/h2-8,15-16H,9-10H2,1H3,(H,24,25)/t15-,16+/m1/s1. The summed E-state index contributed by atoms with van der Waals surface area (Å²) in [6.45, 7) is 0.0495. The Morgan fingerprint density at radius 3 is 2.50 bits per heavy atom. The zero-order valence-electron chi connectivity index (χ0n) is 14.0. The van der Waals surface area contributed by atoms with Gasteiger partial charge < -0.3 is 14.7 Å². The molecule has 1 saturated heterocycles. The molecule has 3 rings (SSSR count). The van der Waals surface area contributed by atoms with Gasteiger partial charge in [-0.2, -0.15) is 0 Å². The van der Waals surface area contributed by atoms with Gasteiger partial charge >= 0.3 is 5.97 Å². The van der Waals surface area contributed by atoms with Crippen molar-refractivity contribution < 1.29 is 28.2 Å². The number of carbonyl (C=O) groups is 2. The van der Waals surface area contributed by atoms with E-state index in [0.29, 0.717) is 5.56 Å². The normalized spacial score (nSPS) is 19.4. The van der Waals surface area contributed by atoms with Crippen LogP contribution in [0.4, 0.5) is 8.78 Å². The number of likely N-dealkylation sites (tertiary alicyclic amines) is 1. The summed E-state index contributed by atoms with van der Waals surface area (Å²) in [5.74, 6) is -3.87. The molecule has 0 bridgehead atoms. The van der Waals surface area contributed by atoms with E-state index in [-0.39, 0.29) is 24.4 Å². The summed E-state index contributed by atoms with van der Waals surface area (Å²) >= 11 is 0. The van der Waals surface area contributed by atoms with E-state index in [1.54, 1.807) is 6.07 Å². The number of aliphatic carboxylic acids is 1. The van der Waals surface area contributed by atoms with Crippen LogP contribution in [-0.2, 0) is 4.79 Å². The Hall–Kier alpha value is -2.96. The van der Waals surface area contributed by atoms with E-state index >= 15 is 0 Å². The van der Waals surface area contributed by atoms with Crippen LogP contribution in [-0.4, -0.2) is 42.1 Å². The molecule has 26 heavy (non-hydrogen) atoms. The molecule has 0 spiro atoms. The summed E-state index contributed by atoms with van der Waals surface area (Å²) < 4.78 is 32.2. The molecular weight excluding hydrogens is 344 g/mol. The van der Waals surface area contributed by atoms with E-state index in [1.807, 2.05) is 0 Å². The van der Waals surface area contributed by atoms with Crippen molar-refractivity contribution >= 4 is 11.9 Å². The van der Waals surface area contributed by atoms with E-state index < -0.39 is 35.3 Å². The van der Waals surface area contributed by atoms with Gasteiger partial charge in [0.25, 0.3) is 5.91 Å². The van der Waals surface area contributed by atoms with Crippen molar-refractivity contribution in [2.24, 2.45) is 5.92 Å². The molecule has 0 aromatic heterocycles. The molecule has 0 saturated carbocycles. The second-order valence-corrected chi connectivity index (χ2v) is 6.16. The molecule has 7 heteroatoms. The smallest absolute Gasteiger partial charge is 0.308 e. The lowest BCUT2D eigenvalue weighted by atomic mass is 9.89. The number of rotatable bonds is 4. The number of nitrogens with zero attached hydrogens (tertiary/aromatic N) is 1. The molecule has 136 valence electrons. The predicted octanol–water partition coefficient (Wildman–Crippen LogP) is 2.91. The molecule has 2 aromatic rings. The summed E-state index contributed by atoms with van der Waals surface area (Å²) in [6.07, 6.45) is 0. The Morgan fingerprint density at radius 2 is 1.85 bits per heavy atom. The highest BCUT2D eigenvalue weighted by molar-refractivity contribution is 5.97. The molecule has 1 amide bonds. The fourth-order valence-electron chi connectivity index (χ4n) is 3.31. The van der Waals surface area contributed by atoms with Crippen LogP contribution in [0.1, 0.15) is 21.8 Å². The van der Waals surface area contributed by atoms with Crippen LogP contribution in [0.15, 0.2) is 42.5 Å². The quantitative estimate of drug-likeness (QED) is 0.909. The molecule has 1 N–H and O–H groups in total. The van der Waals surface area contributed by atoms with Crippen molar-refractivity contribution in [3.63, 3.8) is 0 Å². The first-order chi connectivity index (χ1) is 12.4. The fraction of sp³-hybridized carbons (Fsp3) is 0.263. The third-order valence-electron chi connectivity index (χ3n) is 4.59. The van der Waals surface area contributed by atoms with E-state index in [0.717, 1.165) is 6.07 Å². The van der Waals surface area contributed by atoms with E-state index in [1.165, 1.54) is 42.3 Å². The van der Waals surface area contributed by atoms with Crippen LogP contribution in [0.5, 0.6) is 5.75 Å². The summed E-state index contributed by atoms with van der Waals surface area (Å²) in [5.41, 5.74) is 0.537. The lowest BCUT2D eigenvalue weighted by molar-refractivity contribution is -0.141. The van der Waals surface area contributed by atoms with Crippen molar-refractivity contribution in [2.45, 2.75) is 5.92 Å². The van der Waals surface area contributed by atoms with Crippen molar-refractivity contribution in [2.75, 3.05) is 20.2 Å². The number of carboxylic acids is 1. The number of carbonyl (C=O) groups excluding carboxylic acids is 1. The number of hydrogen-bond acceptors (Lipinski definition) is 3. The minimum absolute atomic E-state index is 0.0246. The van der Waals surface area contributed by atoms with Crippen molar-refractivity contribution in [3.8, 4) is 5.75 Å². The van der Waals surface area contributed by atoms with Gasteiger partial charge in [0.2, 0.25) is 0 Å². The SMILES string of the molecule is COc1ccc(F)cc1C(=O)N1C[C@H](C(=O)O)[C@@H](c2cccc(F)c2)C1. The van der Waals surface area contributed by atoms with Gasteiger partial charge in [-0.3, -0.25) is 9.59 Å². The first kappa shape index (κ1) is 17.8. The maximum atomic E-state index is 13.6. The molecule has 2 atom stereocenters. The Kier molecular flexibility index (Phi) is 4.88. The molecule has 2 aromatic carbocycles. The third-order valence-corrected chi connectivity index (χ3v) is 4.59. The second kappa shape index (κ2) is 7.11. The molecule has 1 heterocycles. The second-order valence-electron chi connectivity index (χ2n) is 6.16. The van der Waals surface area contributed by atoms with E-state index in [9.17, 15) is 23.5 Å². The van der Waals surface area contributed by atoms with Crippen LogP contribution in [0, 0.1) is 17.6 Å². The first-order valence-electron chi connectivity index (χ1n) is 8.01. The van der Waals surface area contributed by atoms with Crippen molar-refractivity contribution in [1.82, 2.24) is 4.90 Å². The van der Waals surface area contributed by atoms with E-state index in [2.05, 4.69) is 0 Å². The molecule has 1 aliphatic rings. The Morgan fingerprint density at radius 1 is 1.12 bits per heavy atom. The van der Waals surface area contributed by atoms with Gasteiger partial charge in [-0.1, -0.05) is 12.1 Å². The maximum Gasteiger partial charge on any atom is 0.308 e. The zero-order valence-corrected chi connectivity index (χ0v) is 14.0. The molecule has 1 aliphatic heterocycles. The zero-order chi connectivity index (χ0) is 18.8. The monoisotopic (exact) mass is 361 g/mol. The van der Waals surface area contributed by atoms with Crippen LogP contribution in [0.25, 0.3) is 0 Å². The Labute approximate surface area is 148 Å². The lowest BCUT2D eigenvalue weighted by Gasteiger charge is -2.18. The number of benzene rings is 2. The molecule has 5 nitrogen and oxygen atoms in total. The topological polar surface area (TPSA) is 66.8 Å². The molecule has 1 fully saturated rings. The largest absolute Gasteiger partial charge is 0.496 e. The van der Waals surface area contributed by atoms with Gasteiger partial charge in [0.05, 0.1) is 18.6 Å². The fourth-order valence-corrected chi connectivity index (χ4v) is 3.31. The van der Waals surface area contributed by atoms with Gasteiger partial charge in [-0.05, 0) is 35.9 Å². The highest BCUT2D eigenvalue weighted by Gasteiger charge is 2.41. The molecule has 0 unspecified atom stereocenters. The van der Waals surface area contributed by atoms with Crippen LogP contribution in [0.3, 0.4) is 0 Å². The summed E-state index contributed by atoms with van der Waals surface area (Å²) in [6, 6.07) is 9.27. The van der Waals surface area contributed by atoms with Gasteiger partial charge in [0, 0.05) is 19.0 Å². The minimum atomic E-state index is -1.07. The minimum Gasteiger partial charge on any atom is -0.496 e. The molecule has 0 aliphatic carbocycles. The number of carboxylic acid groups (broad SMARTS) is 1. The van der Waals surface area contributed by atoms with Gasteiger partial charge in [-0.25, -0.2) is 8.78 Å². The Bertz CT molecular complexity index is 855. The first-order valence-corrected chi connectivity index (χ1v) is 8.01. The van der Waals surface area contributed by atoms with Gasteiger partial charge in [0.15, 0.2) is 0 Å². The van der Waals surface area contributed by atoms with Crippen molar-refractivity contribution in [1.29, 1.82) is 0 Å². The number of hydrogen-bond donors (Lipinski definition) is 1. The van der Waals surface area contributed by atoms with Crippen LogP contribution < -0.4 is 4.74 Å². The summed E-state index contributed by atoms with van der Waals surface area (Å²) in [4.78, 5) is 25.8. The van der Waals surface area contributed by atoms with Crippen LogP contribution >= 0.6 is 0 Å². The number of halogens is 2.